The number of nitrogens with zero attached hydrogens (tertiary/aromatic N) is 1. The molecule has 0 saturated heterocycles. The second-order valence-corrected chi connectivity index (χ2v) is 4.52. The summed E-state index contributed by atoms with van der Waals surface area (Å²) in [5, 5.41) is 3.72. The number of halogens is 1. The highest BCUT2D eigenvalue weighted by Gasteiger charge is 2.04. The lowest BCUT2D eigenvalue weighted by molar-refractivity contribution is 0.416. The fourth-order valence-corrected chi connectivity index (χ4v) is 1.59. The summed E-state index contributed by atoms with van der Waals surface area (Å²) >= 11 is 5.98. The highest BCUT2D eigenvalue weighted by Crippen LogP contribution is 2.26. The lowest BCUT2D eigenvalue weighted by atomic mass is 10.2. The average Bonchev–Trinajstić information content (AvgIpc) is 2.39. The molecule has 0 amide bonds. The third-order valence-corrected chi connectivity index (χ3v) is 3.03. The zero-order valence-corrected chi connectivity index (χ0v) is 12.5. The van der Waals surface area contributed by atoms with Gasteiger partial charge >= 0.3 is 0 Å². The molecule has 0 aliphatic carbocycles. The molecule has 102 valence electrons. The summed E-state index contributed by atoms with van der Waals surface area (Å²) in [7, 11) is 1.63. The van der Waals surface area contributed by atoms with Crippen molar-refractivity contribution in [3.63, 3.8) is 0 Å². The van der Waals surface area contributed by atoms with Crippen molar-refractivity contribution in [2.75, 3.05) is 12.4 Å². The molecule has 1 aromatic rings. The van der Waals surface area contributed by atoms with Crippen LogP contribution in [0.5, 0.6) is 5.75 Å². The van der Waals surface area contributed by atoms with E-state index < -0.39 is 0 Å². The van der Waals surface area contributed by atoms with Crippen LogP contribution in [0.3, 0.4) is 0 Å². The van der Waals surface area contributed by atoms with E-state index in [4.69, 9.17) is 16.3 Å². The Bertz CT molecular complexity index is 533. The first-order valence-corrected chi connectivity index (χ1v) is 6.33. The fourth-order valence-electron chi connectivity index (χ4n) is 1.55. The average molecular weight is 279 g/mol. The van der Waals surface area contributed by atoms with Gasteiger partial charge in [-0.25, -0.2) is 4.99 Å². The van der Waals surface area contributed by atoms with Gasteiger partial charge in [0.1, 0.15) is 11.6 Å². The first-order valence-electron chi connectivity index (χ1n) is 5.96. The van der Waals surface area contributed by atoms with Gasteiger partial charge < -0.3 is 10.1 Å². The van der Waals surface area contributed by atoms with E-state index >= 15 is 0 Å². The van der Waals surface area contributed by atoms with Crippen LogP contribution in [0.1, 0.15) is 19.4 Å². The molecule has 0 saturated carbocycles. The number of anilines is 1. The minimum atomic E-state index is 0.514. The summed E-state index contributed by atoms with van der Waals surface area (Å²) < 4.78 is 5.31. The molecule has 0 bridgehead atoms. The number of aryl methyl sites for hydroxylation is 1. The monoisotopic (exact) mass is 278 g/mol. The highest BCUT2D eigenvalue weighted by atomic mass is 35.5. The maximum absolute atomic E-state index is 5.98. The normalized spacial score (nSPS) is 12.3. The quantitative estimate of drug-likeness (QED) is 0.805. The van der Waals surface area contributed by atoms with E-state index in [0.29, 0.717) is 16.6 Å². The van der Waals surface area contributed by atoms with Crippen molar-refractivity contribution < 1.29 is 4.74 Å². The summed E-state index contributed by atoms with van der Waals surface area (Å²) in [4.78, 5) is 4.30. The molecule has 0 aliphatic rings. The molecule has 0 radical (unpaired) electrons. The van der Waals surface area contributed by atoms with Crippen molar-refractivity contribution in [1.82, 2.24) is 0 Å². The zero-order valence-electron chi connectivity index (χ0n) is 11.7. The van der Waals surface area contributed by atoms with Gasteiger partial charge in [-0.05, 0) is 38.5 Å². The number of ether oxygens (including phenoxy) is 1. The molecule has 0 spiro atoms. The van der Waals surface area contributed by atoms with Crippen LogP contribution in [0.25, 0.3) is 0 Å². The molecule has 0 unspecified atom stereocenters. The molecule has 0 atom stereocenters. The van der Waals surface area contributed by atoms with E-state index in [0.717, 1.165) is 17.0 Å². The first-order chi connectivity index (χ1) is 8.97. The van der Waals surface area contributed by atoms with Crippen LogP contribution in [-0.4, -0.2) is 12.8 Å². The molecule has 1 N–H and O–H groups in total. The van der Waals surface area contributed by atoms with Crippen LogP contribution in [-0.2, 0) is 0 Å². The van der Waals surface area contributed by atoms with Crippen LogP contribution < -0.4 is 10.1 Å². The van der Waals surface area contributed by atoms with E-state index in [9.17, 15) is 0 Å². The number of allylic oxidation sites excluding steroid dienone is 2. The number of rotatable bonds is 5. The zero-order chi connectivity index (χ0) is 14.4. The largest absolute Gasteiger partial charge is 0.495 e. The molecule has 0 fully saturated rings. The van der Waals surface area contributed by atoms with Crippen LogP contribution in [0.2, 0.25) is 0 Å². The Morgan fingerprint density at radius 2 is 2.16 bits per heavy atom. The Labute approximate surface area is 119 Å². The van der Waals surface area contributed by atoms with Gasteiger partial charge in [0.25, 0.3) is 0 Å². The molecule has 3 nitrogen and oxygen atoms in total. The Morgan fingerprint density at radius 3 is 2.74 bits per heavy atom. The van der Waals surface area contributed by atoms with Gasteiger partial charge in [-0.1, -0.05) is 30.3 Å². The Hall–Kier alpha value is -1.74. The van der Waals surface area contributed by atoms with Gasteiger partial charge in [-0.3, -0.25) is 0 Å². The Balaban J connectivity index is 2.89. The molecule has 0 aromatic heterocycles. The van der Waals surface area contributed by atoms with Crippen LogP contribution in [0, 0.1) is 6.92 Å². The minimum Gasteiger partial charge on any atom is -0.495 e. The fraction of sp³-hybridized carbons (Fsp3) is 0.267. The van der Waals surface area contributed by atoms with Crippen molar-refractivity contribution >= 4 is 23.0 Å². The molecule has 19 heavy (non-hydrogen) atoms. The molecule has 0 aliphatic heterocycles. The third kappa shape index (κ3) is 4.45. The number of nitrogens with one attached hydrogen (secondary N) is 1. The summed E-state index contributed by atoms with van der Waals surface area (Å²) in [6.45, 7) is 9.57. The Kier molecular flexibility index (Phi) is 5.64. The van der Waals surface area contributed by atoms with E-state index in [-0.39, 0.29) is 0 Å². The standard InChI is InChI=1S/C15H19ClN2O/c1-6-13(16)11(3)17-12(4)18-14-8-7-10(2)9-15(14)19-5/h6-9,18H,4H2,1-3,5H3/b13-6+,17-11-. The highest BCUT2D eigenvalue weighted by molar-refractivity contribution is 6.43. The molecular formula is C15H19ClN2O. The maximum Gasteiger partial charge on any atom is 0.142 e. The topological polar surface area (TPSA) is 33.6 Å². The van der Waals surface area contributed by atoms with E-state index in [2.05, 4.69) is 16.9 Å². The van der Waals surface area contributed by atoms with Gasteiger partial charge in [0.2, 0.25) is 0 Å². The van der Waals surface area contributed by atoms with Gasteiger partial charge in [-0.15, -0.1) is 0 Å². The minimum absolute atomic E-state index is 0.514. The summed E-state index contributed by atoms with van der Waals surface area (Å²) in [6.07, 6.45) is 1.79. The van der Waals surface area contributed by atoms with E-state index in [1.807, 2.05) is 39.0 Å². The second kappa shape index (κ2) is 7.00. The third-order valence-electron chi connectivity index (χ3n) is 2.54. The molecular weight excluding hydrogens is 260 g/mol. The van der Waals surface area contributed by atoms with Gasteiger partial charge in [0, 0.05) is 0 Å². The number of methoxy groups -OCH3 is 1. The number of benzene rings is 1. The van der Waals surface area contributed by atoms with E-state index in [1.54, 1.807) is 13.2 Å². The maximum atomic E-state index is 5.98. The molecule has 0 heterocycles. The van der Waals surface area contributed by atoms with Crippen molar-refractivity contribution in [2.24, 2.45) is 4.99 Å². The number of hydrogen-bond acceptors (Lipinski definition) is 3. The molecule has 1 rings (SSSR count). The molecule has 4 heteroatoms. The summed E-state index contributed by atoms with van der Waals surface area (Å²) in [5.41, 5.74) is 2.67. The van der Waals surface area contributed by atoms with Crippen LogP contribution >= 0.6 is 11.6 Å². The van der Waals surface area contributed by atoms with E-state index in [1.165, 1.54) is 0 Å². The second-order valence-electron chi connectivity index (χ2n) is 4.11. The predicted molar refractivity (Wildman–Crippen MR) is 83.2 cm³/mol. The van der Waals surface area contributed by atoms with Crippen molar-refractivity contribution in [1.29, 1.82) is 0 Å². The van der Waals surface area contributed by atoms with Crippen molar-refractivity contribution in [2.45, 2.75) is 20.8 Å². The summed E-state index contributed by atoms with van der Waals surface area (Å²) in [6, 6.07) is 5.88. The first kappa shape index (κ1) is 15.3. The van der Waals surface area contributed by atoms with Gasteiger partial charge in [-0.2, -0.15) is 0 Å². The lowest BCUT2D eigenvalue weighted by Gasteiger charge is -2.12. The van der Waals surface area contributed by atoms with Crippen LogP contribution in [0.15, 0.2) is 46.7 Å². The summed E-state index contributed by atoms with van der Waals surface area (Å²) in [5.74, 6) is 1.27. The number of hydrogen-bond donors (Lipinski definition) is 1. The Morgan fingerprint density at radius 1 is 1.47 bits per heavy atom. The van der Waals surface area contributed by atoms with Crippen LogP contribution in [0.4, 0.5) is 5.69 Å². The van der Waals surface area contributed by atoms with Crippen molar-refractivity contribution in [3.8, 4) is 5.75 Å². The lowest BCUT2D eigenvalue weighted by Crippen LogP contribution is -2.01. The van der Waals surface area contributed by atoms with Gasteiger partial charge in [0.15, 0.2) is 0 Å². The smallest absolute Gasteiger partial charge is 0.142 e. The molecule has 1 aromatic carbocycles. The van der Waals surface area contributed by atoms with Crippen molar-refractivity contribution in [3.05, 3.63) is 47.3 Å². The van der Waals surface area contributed by atoms with Gasteiger partial charge in [0.05, 0.1) is 23.5 Å². The SMILES string of the molecule is C=C(/N=C(C)\C(Cl)=C/C)Nc1ccc(C)cc1OC. The number of aliphatic imine (C=N–C) groups is 1. The predicted octanol–water partition coefficient (Wildman–Crippen LogP) is 4.49.